The van der Waals surface area contributed by atoms with Crippen LogP contribution in [0.4, 0.5) is 5.69 Å². The third-order valence-electron chi connectivity index (χ3n) is 6.38. The molecule has 4 aromatic carbocycles. The molecule has 0 aliphatic rings. The predicted octanol–water partition coefficient (Wildman–Crippen LogP) is 6.00. The molecule has 0 bridgehead atoms. The van der Waals surface area contributed by atoms with Crippen molar-refractivity contribution in [3.8, 4) is 0 Å². The summed E-state index contributed by atoms with van der Waals surface area (Å²) in [5, 5.41) is 5.48. The largest absolute Gasteiger partial charge is 0.341 e. The summed E-state index contributed by atoms with van der Waals surface area (Å²) in [6.45, 7) is 2.92. The van der Waals surface area contributed by atoms with E-state index in [1.165, 1.54) is 24.3 Å². The van der Waals surface area contributed by atoms with Crippen LogP contribution in [-0.2, 0) is 27.8 Å². The topological polar surface area (TPSA) is 80.2 Å². The van der Waals surface area contributed by atoms with E-state index in [0.29, 0.717) is 10.7 Å². The van der Waals surface area contributed by atoms with Gasteiger partial charge in [0.25, 0.3) is 0 Å². The lowest BCUT2D eigenvalue weighted by atomic mass is 10.1. The maximum absolute atomic E-state index is 13.5. The number of aryl methyl sites for hydroxylation is 1. The first-order valence-corrected chi connectivity index (χ1v) is 13.9. The van der Waals surface area contributed by atoms with E-state index in [0.717, 1.165) is 33.9 Å². The zero-order valence-corrected chi connectivity index (χ0v) is 21.8. The van der Waals surface area contributed by atoms with E-state index in [4.69, 9.17) is 11.6 Å². The van der Waals surface area contributed by atoms with Crippen LogP contribution in [0.2, 0.25) is 5.02 Å². The fourth-order valence-electron chi connectivity index (χ4n) is 4.61. The van der Waals surface area contributed by atoms with Gasteiger partial charge in [-0.2, -0.15) is 4.72 Å². The predicted molar refractivity (Wildman–Crippen MR) is 149 cm³/mol. The number of hydrogen-bond donors (Lipinski definition) is 2. The number of carbonyl (C=O) groups excluding carboxylic acids is 1. The van der Waals surface area contributed by atoms with Crippen LogP contribution in [0.1, 0.15) is 12.5 Å². The molecule has 0 saturated heterocycles. The van der Waals surface area contributed by atoms with Crippen LogP contribution in [0, 0.1) is 0 Å². The molecule has 5 rings (SSSR count). The first-order valence-electron chi connectivity index (χ1n) is 12.0. The summed E-state index contributed by atoms with van der Waals surface area (Å²) in [5.41, 5.74) is 3.63. The zero-order chi connectivity index (χ0) is 26.0. The van der Waals surface area contributed by atoms with Gasteiger partial charge in [0.1, 0.15) is 6.04 Å². The lowest BCUT2D eigenvalue weighted by molar-refractivity contribution is -0.117. The van der Waals surface area contributed by atoms with Crippen LogP contribution in [0.15, 0.2) is 102 Å². The highest BCUT2D eigenvalue weighted by Crippen LogP contribution is 2.31. The lowest BCUT2D eigenvalue weighted by Gasteiger charge is -2.19. The molecule has 1 amide bonds. The van der Waals surface area contributed by atoms with Crippen LogP contribution in [-0.4, -0.2) is 24.9 Å². The Kier molecular flexibility index (Phi) is 7.02. The van der Waals surface area contributed by atoms with E-state index in [1.54, 1.807) is 0 Å². The quantitative estimate of drug-likeness (QED) is 0.258. The Balaban J connectivity index is 1.46. The van der Waals surface area contributed by atoms with Crippen molar-refractivity contribution in [3.63, 3.8) is 0 Å². The third kappa shape index (κ3) is 5.25. The number of nitrogens with one attached hydrogen (secondary N) is 2. The molecule has 1 heterocycles. The van der Waals surface area contributed by atoms with Gasteiger partial charge in [0.15, 0.2) is 0 Å². The average Bonchev–Trinajstić information content (AvgIpc) is 3.22. The first-order chi connectivity index (χ1) is 17.9. The Labute approximate surface area is 220 Å². The van der Waals surface area contributed by atoms with Crippen LogP contribution >= 0.6 is 11.6 Å². The number of rotatable bonds is 8. The number of halogens is 1. The van der Waals surface area contributed by atoms with Crippen LogP contribution in [0.5, 0.6) is 0 Å². The Hall–Kier alpha value is -3.65. The summed E-state index contributed by atoms with van der Waals surface area (Å²) in [5.74, 6) is -0.444. The maximum Gasteiger partial charge on any atom is 0.242 e. The molecule has 0 aliphatic heterocycles. The van der Waals surface area contributed by atoms with Gasteiger partial charge in [-0.05, 0) is 67.4 Å². The highest BCUT2D eigenvalue weighted by molar-refractivity contribution is 7.89. The van der Waals surface area contributed by atoms with Crippen molar-refractivity contribution in [3.05, 3.63) is 108 Å². The Morgan fingerprint density at radius 1 is 0.865 bits per heavy atom. The van der Waals surface area contributed by atoms with E-state index in [-0.39, 0.29) is 11.3 Å². The average molecular weight is 532 g/mol. The van der Waals surface area contributed by atoms with E-state index in [9.17, 15) is 13.2 Å². The van der Waals surface area contributed by atoms with Gasteiger partial charge in [0.2, 0.25) is 15.9 Å². The second-order valence-corrected chi connectivity index (χ2v) is 11.0. The molecule has 0 radical (unpaired) electrons. The number of benzene rings is 4. The second-order valence-electron chi connectivity index (χ2n) is 8.80. The maximum atomic E-state index is 13.5. The minimum Gasteiger partial charge on any atom is -0.341 e. The fraction of sp³-hybridized carbons (Fsp3) is 0.138. The summed E-state index contributed by atoms with van der Waals surface area (Å²) < 4.78 is 31.1. The number of para-hydroxylation sites is 1. The molecule has 0 spiro atoms. The van der Waals surface area contributed by atoms with Crippen LogP contribution in [0.3, 0.4) is 0 Å². The van der Waals surface area contributed by atoms with Crippen molar-refractivity contribution >= 4 is 55.0 Å². The Morgan fingerprint density at radius 3 is 2.27 bits per heavy atom. The number of hydrogen-bond acceptors (Lipinski definition) is 3. The molecule has 0 unspecified atom stereocenters. The molecule has 1 atom stereocenters. The first kappa shape index (κ1) is 25.0. The molecule has 0 aliphatic carbocycles. The van der Waals surface area contributed by atoms with Crippen molar-refractivity contribution in [1.82, 2.24) is 9.29 Å². The number of sulfonamides is 1. The number of fused-ring (bicyclic) bond motifs is 3. The lowest BCUT2D eigenvalue weighted by Crippen LogP contribution is -2.45. The smallest absolute Gasteiger partial charge is 0.242 e. The van der Waals surface area contributed by atoms with Crippen LogP contribution in [0.25, 0.3) is 21.8 Å². The molecular formula is C29H26ClN3O3S. The summed E-state index contributed by atoms with van der Waals surface area (Å²) in [4.78, 5) is 13.5. The van der Waals surface area contributed by atoms with Crippen molar-refractivity contribution in [2.45, 2.75) is 30.8 Å². The number of amides is 1. The molecule has 2 N–H and O–H groups in total. The molecule has 5 aromatic rings. The van der Waals surface area contributed by atoms with E-state index in [2.05, 4.69) is 33.7 Å². The second kappa shape index (κ2) is 10.4. The summed E-state index contributed by atoms with van der Waals surface area (Å²) in [6.07, 6.45) is 0.191. The minimum atomic E-state index is -3.97. The monoisotopic (exact) mass is 531 g/mol. The number of anilines is 1. The van der Waals surface area contributed by atoms with Gasteiger partial charge in [-0.3, -0.25) is 4.79 Å². The molecule has 37 heavy (non-hydrogen) atoms. The van der Waals surface area contributed by atoms with E-state index in [1.807, 2.05) is 60.7 Å². The van der Waals surface area contributed by atoms with Crippen molar-refractivity contribution in [1.29, 1.82) is 0 Å². The number of carbonyl (C=O) groups is 1. The Morgan fingerprint density at radius 2 is 1.54 bits per heavy atom. The zero-order valence-electron chi connectivity index (χ0n) is 20.2. The van der Waals surface area contributed by atoms with Crippen molar-refractivity contribution < 1.29 is 13.2 Å². The highest BCUT2D eigenvalue weighted by atomic mass is 35.5. The van der Waals surface area contributed by atoms with Crippen LogP contribution < -0.4 is 10.0 Å². The van der Waals surface area contributed by atoms with Crippen molar-refractivity contribution in [2.24, 2.45) is 0 Å². The van der Waals surface area contributed by atoms with E-state index >= 15 is 0 Å². The van der Waals surface area contributed by atoms with Gasteiger partial charge in [-0.25, -0.2) is 8.42 Å². The standard InChI is InChI=1S/C29H26ClN3O3S/c1-2-33-27-11-7-6-10-24(27)25-19-22(14-17-28(25)33)31-29(34)26(18-20-8-4-3-5-9-20)32-37(35,36)23-15-12-21(30)13-16-23/h3-17,19,26,32H,2,18H2,1H3,(H,31,34)/t26-/m0/s1. The third-order valence-corrected chi connectivity index (χ3v) is 8.12. The molecule has 188 valence electrons. The normalized spacial score (nSPS) is 12.6. The molecule has 1 aromatic heterocycles. The molecule has 0 saturated carbocycles. The summed E-state index contributed by atoms with van der Waals surface area (Å²) in [7, 11) is -3.97. The number of aromatic nitrogens is 1. The SMILES string of the molecule is CCn1c2ccccc2c2cc(NC(=O)[C@H](Cc3ccccc3)NS(=O)(=O)c3ccc(Cl)cc3)ccc21. The molecule has 6 nitrogen and oxygen atoms in total. The van der Waals surface area contributed by atoms with E-state index < -0.39 is 22.0 Å². The van der Waals surface area contributed by atoms with Crippen molar-refractivity contribution in [2.75, 3.05) is 5.32 Å². The molecular weight excluding hydrogens is 506 g/mol. The Bertz CT molecular complexity index is 1680. The van der Waals surface area contributed by atoms with Gasteiger partial charge in [-0.15, -0.1) is 0 Å². The minimum absolute atomic E-state index is 0.0385. The molecule has 0 fully saturated rings. The fourth-order valence-corrected chi connectivity index (χ4v) is 5.93. The van der Waals surface area contributed by atoms with Gasteiger partial charge in [0, 0.05) is 39.1 Å². The van der Waals surface area contributed by atoms with Gasteiger partial charge in [-0.1, -0.05) is 60.1 Å². The molecule has 8 heteroatoms. The van der Waals surface area contributed by atoms with Gasteiger partial charge in [0.05, 0.1) is 4.90 Å². The highest BCUT2D eigenvalue weighted by Gasteiger charge is 2.26. The summed E-state index contributed by atoms with van der Waals surface area (Å²) in [6, 6.07) is 28.0. The van der Waals surface area contributed by atoms with Gasteiger partial charge >= 0.3 is 0 Å². The number of nitrogens with zero attached hydrogens (tertiary/aromatic N) is 1. The van der Waals surface area contributed by atoms with Gasteiger partial charge < -0.3 is 9.88 Å². The summed E-state index contributed by atoms with van der Waals surface area (Å²) >= 11 is 5.92.